The summed E-state index contributed by atoms with van der Waals surface area (Å²) in [7, 11) is 0. The van der Waals surface area contributed by atoms with Crippen molar-refractivity contribution in [2.24, 2.45) is 11.8 Å². The molecule has 2 N–H and O–H groups in total. The molecule has 3 rings (SSSR count). The van der Waals surface area contributed by atoms with Crippen LogP contribution in [0.3, 0.4) is 0 Å². The molecule has 172 valence electrons. The Labute approximate surface area is 189 Å². The number of thiol groups is 1. The Morgan fingerprint density at radius 1 is 1.29 bits per heavy atom. The van der Waals surface area contributed by atoms with Gasteiger partial charge in [-0.1, -0.05) is 39.1 Å². The lowest BCUT2D eigenvalue weighted by atomic mass is 9.96. The van der Waals surface area contributed by atoms with E-state index in [9.17, 15) is 14.0 Å². The van der Waals surface area contributed by atoms with E-state index in [1.807, 2.05) is 0 Å². The first-order chi connectivity index (χ1) is 14.8. The van der Waals surface area contributed by atoms with Crippen LogP contribution in [0.1, 0.15) is 57.6 Å². The summed E-state index contributed by atoms with van der Waals surface area (Å²) < 4.78 is 21.6. The normalized spacial score (nSPS) is 17.5. The zero-order valence-electron chi connectivity index (χ0n) is 18.3. The second-order valence-corrected chi connectivity index (χ2v) is 9.24. The van der Waals surface area contributed by atoms with Crippen LogP contribution in [-0.4, -0.2) is 47.5 Å². The molecule has 0 radical (unpaired) electrons. The number of hydrogen-bond acceptors (Lipinski definition) is 6. The Kier molecular flexibility index (Phi) is 8.57. The zero-order chi connectivity index (χ0) is 22.4. The van der Waals surface area contributed by atoms with Gasteiger partial charge < -0.3 is 9.64 Å². The Morgan fingerprint density at radius 2 is 2.06 bits per heavy atom. The van der Waals surface area contributed by atoms with E-state index in [-0.39, 0.29) is 36.3 Å². The number of imide groups is 1. The van der Waals surface area contributed by atoms with Crippen LogP contribution in [0.2, 0.25) is 0 Å². The number of unbranched alkanes of at least 4 members (excludes halogenated alkanes) is 2. The van der Waals surface area contributed by atoms with Gasteiger partial charge in [0.1, 0.15) is 6.54 Å². The first kappa shape index (κ1) is 23.8. The van der Waals surface area contributed by atoms with E-state index in [0.717, 1.165) is 37.7 Å². The fraction of sp³-hybridized carbons (Fsp3) is 0.636. The Hall–Kier alpha value is -1.84. The van der Waals surface area contributed by atoms with Crippen molar-refractivity contribution in [1.82, 2.24) is 20.1 Å². The maximum Gasteiger partial charge on any atom is 0.324 e. The van der Waals surface area contributed by atoms with Gasteiger partial charge in [0.05, 0.1) is 6.61 Å². The second kappa shape index (κ2) is 11.2. The van der Waals surface area contributed by atoms with Crippen molar-refractivity contribution in [2.45, 2.75) is 52.0 Å². The van der Waals surface area contributed by atoms with Crippen LogP contribution < -0.4 is 15.5 Å². The fourth-order valence-corrected chi connectivity index (χ4v) is 3.82. The van der Waals surface area contributed by atoms with Crippen molar-refractivity contribution in [3.63, 3.8) is 0 Å². The standard InChI is InChI=1S/C22H33FN4O3S/c1-15(2)21(17-8-9-18(23)19(12-17)30-14-16-6-7-16)25-27(31)11-5-3-4-10-26-13-20(28)24-22(26)29/h8-9,12,15-16,21,25,31H,3-7,10-11,13-14H2,1-2H3,(H,24,28,29). The number of urea groups is 1. The molecular weight excluding hydrogens is 419 g/mol. The number of rotatable bonds is 13. The Balaban J connectivity index is 1.44. The van der Waals surface area contributed by atoms with Crippen molar-refractivity contribution >= 4 is 24.8 Å². The lowest BCUT2D eigenvalue weighted by Gasteiger charge is -2.28. The smallest absolute Gasteiger partial charge is 0.324 e. The van der Waals surface area contributed by atoms with Crippen LogP contribution in [0.4, 0.5) is 9.18 Å². The van der Waals surface area contributed by atoms with Crippen molar-refractivity contribution in [3.8, 4) is 5.75 Å². The Morgan fingerprint density at radius 3 is 2.71 bits per heavy atom. The molecule has 1 heterocycles. The molecule has 1 aromatic rings. The number of halogens is 1. The summed E-state index contributed by atoms with van der Waals surface area (Å²) in [6.45, 7) is 6.23. The van der Waals surface area contributed by atoms with Crippen LogP contribution >= 0.6 is 12.8 Å². The van der Waals surface area contributed by atoms with Gasteiger partial charge in [-0.2, -0.15) is 4.41 Å². The second-order valence-electron chi connectivity index (χ2n) is 8.75. The van der Waals surface area contributed by atoms with Gasteiger partial charge in [0, 0.05) is 19.1 Å². The molecular formula is C22H33FN4O3S. The molecule has 3 amide bonds. The van der Waals surface area contributed by atoms with Crippen LogP contribution in [0, 0.1) is 17.7 Å². The van der Waals surface area contributed by atoms with Crippen molar-refractivity contribution < 1.29 is 18.7 Å². The van der Waals surface area contributed by atoms with Crippen molar-refractivity contribution in [1.29, 1.82) is 0 Å². The largest absolute Gasteiger partial charge is 0.490 e. The average molecular weight is 453 g/mol. The summed E-state index contributed by atoms with van der Waals surface area (Å²) in [5.74, 6) is 0.574. The molecule has 1 saturated carbocycles. The lowest BCUT2D eigenvalue weighted by molar-refractivity contribution is -0.118. The summed E-state index contributed by atoms with van der Waals surface area (Å²) in [6, 6.07) is 4.72. The third kappa shape index (κ3) is 7.36. The van der Waals surface area contributed by atoms with Crippen LogP contribution in [0.25, 0.3) is 0 Å². The van der Waals surface area contributed by atoms with E-state index in [1.54, 1.807) is 16.5 Å². The van der Waals surface area contributed by atoms with Gasteiger partial charge in [0.25, 0.3) is 0 Å². The van der Waals surface area contributed by atoms with Gasteiger partial charge in [-0.3, -0.25) is 10.1 Å². The topological polar surface area (TPSA) is 73.9 Å². The quantitative estimate of drug-likeness (QED) is 0.184. The van der Waals surface area contributed by atoms with Crippen LogP contribution in [-0.2, 0) is 4.79 Å². The Bertz CT molecular complexity index is 775. The van der Waals surface area contributed by atoms with Gasteiger partial charge in [-0.05, 0) is 55.2 Å². The number of ether oxygens (including phenoxy) is 1. The highest BCUT2D eigenvalue weighted by Crippen LogP contribution is 2.32. The maximum absolute atomic E-state index is 14.1. The van der Waals surface area contributed by atoms with Crippen LogP contribution in [0.15, 0.2) is 18.2 Å². The SMILES string of the molecule is CC(C)C(NN(S)CCCCCN1CC(=O)NC1=O)c1ccc(F)c(OCC2CC2)c1. The molecule has 1 atom stereocenters. The predicted molar refractivity (Wildman–Crippen MR) is 120 cm³/mol. The number of nitrogens with one attached hydrogen (secondary N) is 2. The molecule has 2 fully saturated rings. The van der Waals surface area contributed by atoms with E-state index in [4.69, 9.17) is 4.74 Å². The van der Waals surface area contributed by atoms with E-state index >= 15 is 0 Å². The summed E-state index contributed by atoms with van der Waals surface area (Å²) in [5.41, 5.74) is 4.37. The fourth-order valence-electron chi connectivity index (χ4n) is 3.55. The minimum absolute atomic E-state index is 0.0271. The van der Waals surface area contributed by atoms with E-state index in [1.165, 1.54) is 11.0 Å². The number of carbonyl (C=O) groups is 2. The van der Waals surface area contributed by atoms with E-state index in [0.29, 0.717) is 31.4 Å². The predicted octanol–water partition coefficient (Wildman–Crippen LogP) is 3.69. The van der Waals surface area contributed by atoms with Crippen molar-refractivity contribution in [3.05, 3.63) is 29.6 Å². The number of amides is 3. The first-order valence-electron chi connectivity index (χ1n) is 11.1. The van der Waals surface area contributed by atoms with Gasteiger partial charge >= 0.3 is 6.03 Å². The molecule has 2 aliphatic rings. The lowest BCUT2D eigenvalue weighted by Crippen LogP contribution is -2.37. The minimum Gasteiger partial charge on any atom is -0.490 e. The number of carbonyl (C=O) groups excluding carboxylic acids is 2. The van der Waals surface area contributed by atoms with Gasteiger partial charge in [-0.25, -0.2) is 14.6 Å². The highest BCUT2D eigenvalue weighted by atomic mass is 32.1. The molecule has 1 aliphatic heterocycles. The molecule has 1 aliphatic carbocycles. The molecule has 0 spiro atoms. The summed E-state index contributed by atoms with van der Waals surface area (Å²) in [4.78, 5) is 24.3. The monoisotopic (exact) mass is 452 g/mol. The van der Waals surface area contributed by atoms with Gasteiger partial charge in [-0.15, -0.1) is 0 Å². The number of hydrazine groups is 1. The summed E-state index contributed by atoms with van der Waals surface area (Å²) in [5, 5.41) is 2.28. The molecule has 1 aromatic carbocycles. The molecule has 0 aromatic heterocycles. The zero-order valence-corrected chi connectivity index (χ0v) is 19.2. The third-order valence-corrected chi connectivity index (χ3v) is 5.92. The highest BCUT2D eigenvalue weighted by Gasteiger charge is 2.26. The van der Waals surface area contributed by atoms with Gasteiger partial charge in [0.15, 0.2) is 11.6 Å². The third-order valence-electron chi connectivity index (χ3n) is 5.61. The number of hydrogen-bond donors (Lipinski definition) is 3. The molecule has 1 saturated heterocycles. The molecule has 0 bridgehead atoms. The maximum atomic E-state index is 14.1. The minimum atomic E-state index is -0.331. The highest BCUT2D eigenvalue weighted by molar-refractivity contribution is 7.77. The van der Waals surface area contributed by atoms with E-state index < -0.39 is 0 Å². The number of benzene rings is 1. The molecule has 1 unspecified atom stereocenters. The average Bonchev–Trinajstić information content (AvgIpc) is 3.49. The molecule has 7 nitrogen and oxygen atoms in total. The number of nitrogens with zero attached hydrogens (tertiary/aromatic N) is 2. The molecule has 31 heavy (non-hydrogen) atoms. The van der Waals surface area contributed by atoms with Gasteiger partial charge in [0.2, 0.25) is 5.91 Å². The first-order valence-corrected chi connectivity index (χ1v) is 11.5. The van der Waals surface area contributed by atoms with Crippen molar-refractivity contribution in [2.75, 3.05) is 26.2 Å². The summed E-state index contributed by atoms with van der Waals surface area (Å²) in [6.07, 6.45) is 4.96. The van der Waals surface area contributed by atoms with E-state index in [2.05, 4.69) is 37.4 Å². The molecule has 9 heteroatoms. The summed E-state index contributed by atoms with van der Waals surface area (Å²) >= 11 is 4.55. The van der Waals surface area contributed by atoms with Crippen LogP contribution in [0.5, 0.6) is 5.75 Å².